The predicted molar refractivity (Wildman–Crippen MR) is 161 cm³/mol. The molecule has 5 N–H and O–H groups in total. The van der Waals surface area contributed by atoms with Crippen molar-refractivity contribution >= 4 is 5.97 Å². The maximum Gasteiger partial charge on any atom is 0.312 e. The van der Waals surface area contributed by atoms with Crippen LogP contribution in [0.3, 0.4) is 0 Å². The number of allylic oxidation sites excluding steroid dienone is 2. The van der Waals surface area contributed by atoms with E-state index in [1.165, 1.54) is 5.57 Å². The van der Waals surface area contributed by atoms with E-state index in [2.05, 4.69) is 54.5 Å². The number of hydrogen-bond acceptors (Lipinski definition) is 7. The van der Waals surface area contributed by atoms with Gasteiger partial charge in [-0.15, -0.1) is 0 Å². The Morgan fingerprint density at radius 1 is 0.884 bits per heavy atom. The fourth-order valence-electron chi connectivity index (χ4n) is 12.1. The summed E-state index contributed by atoms with van der Waals surface area (Å²) in [6, 6.07) is 0. The molecule has 0 bridgehead atoms. The van der Waals surface area contributed by atoms with Crippen molar-refractivity contribution in [3.8, 4) is 0 Å². The summed E-state index contributed by atoms with van der Waals surface area (Å²) in [5.41, 5.74) is -0.189. The zero-order chi connectivity index (χ0) is 31.5. The topological polar surface area (TPSA) is 137 Å². The predicted octanol–water partition coefficient (Wildman–Crippen LogP) is 4.67. The molecule has 8 nitrogen and oxygen atoms in total. The number of aliphatic hydroxyl groups is 4. The van der Waals surface area contributed by atoms with Gasteiger partial charge >= 0.3 is 5.97 Å². The first kappa shape index (κ1) is 31.9. The Morgan fingerprint density at radius 2 is 1.58 bits per heavy atom. The monoisotopic (exact) mass is 604 g/mol. The Morgan fingerprint density at radius 3 is 2.26 bits per heavy atom. The SMILES string of the molecule is CC1(C)CC(O)[C@]2(C(=O)O)CC[C@]3(C)C(=CC[C@@H]4[C@@]5(C)CC[C@H](O[C@@H]6OC[C@H](O)[C@H](O)[C@H]6O)C(C)(C)C5CC[C@]43C)[C@H]2C1. The molecule has 1 heterocycles. The van der Waals surface area contributed by atoms with Crippen molar-refractivity contribution in [2.75, 3.05) is 6.61 Å². The number of carboxylic acids is 1. The minimum absolute atomic E-state index is 0.00619. The number of aliphatic carboxylic acids is 1. The van der Waals surface area contributed by atoms with Crippen molar-refractivity contribution in [1.82, 2.24) is 0 Å². The van der Waals surface area contributed by atoms with Gasteiger partial charge in [-0.05, 0) is 103 Å². The maximum absolute atomic E-state index is 13.0. The lowest BCUT2D eigenvalue weighted by molar-refractivity contribution is -0.308. The van der Waals surface area contributed by atoms with Crippen LogP contribution in [-0.4, -0.2) is 74.9 Å². The van der Waals surface area contributed by atoms with Crippen LogP contribution in [-0.2, 0) is 14.3 Å². The highest BCUT2D eigenvalue weighted by Gasteiger charge is 2.70. The number of rotatable bonds is 3. The Balaban J connectivity index is 1.31. The molecule has 5 fully saturated rings. The van der Waals surface area contributed by atoms with Gasteiger partial charge in [-0.3, -0.25) is 4.79 Å². The van der Waals surface area contributed by atoms with Crippen molar-refractivity contribution in [3.05, 3.63) is 11.6 Å². The highest BCUT2D eigenvalue weighted by atomic mass is 16.7. The van der Waals surface area contributed by atoms with Gasteiger partial charge in [0.05, 0.1) is 18.8 Å². The Kier molecular flexibility index (Phi) is 7.41. The zero-order valence-electron chi connectivity index (χ0n) is 27.3. The summed E-state index contributed by atoms with van der Waals surface area (Å²) in [4.78, 5) is 13.0. The van der Waals surface area contributed by atoms with Crippen LogP contribution in [0.1, 0.15) is 106 Å². The van der Waals surface area contributed by atoms with E-state index in [1.807, 2.05) is 0 Å². The van der Waals surface area contributed by atoms with Gasteiger partial charge in [0, 0.05) is 0 Å². The largest absolute Gasteiger partial charge is 0.481 e. The molecule has 0 aromatic heterocycles. The van der Waals surface area contributed by atoms with Crippen LogP contribution >= 0.6 is 0 Å². The number of carboxylic acid groups (broad SMARTS) is 1. The molecule has 6 rings (SSSR count). The van der Waals surface area contributed by atoms with E-state index >= 15 is 0 Å². The normalized spacial score (nSPS) is 53.8. The lowest BCUT2D eigenvalue weighted by atomic mass is 9.33. The quantitative estimate of drug-likeness (QED) is 0.232. The first-order chi connectivity index (χ1) is 19.8. The number of hydrogen-bond donors (Lipinski definition) is 5. The number of carbonyl (C=O) groups is 1. The molecule has 5 aliphatic carbocycles. The van der Waals surface area contributed by atoms with Crippen LogP contribution in [0.2, 0.25) is 0 Å². The molecule has 0 aromatic carbocycles. The molecule has 8 heteroatoms. The molecule has 0 aromatic rings. The fourth-order valence-corrected chi connectivity index (χ4v) is 12.1. The maximum atomic E-state index is 13.0. The molecule has 0 spiro atoms. The van der Waals surface area contributed by atoms with Crippen LogP contribution in [0.5, 0.6) is 0 Å². The van der Waals surface area contributed by atoms with Crippen LogP contribution in [0.4, 0.5) is 0 Å². The van der Waals surface area contributed by atoms with E-state index in [4.69, 9.17) is 9.47 Å². The van der Waals surface area contributed by atoms with Crippen molar-refractivity contribution in [2.24, 2.45) is 50.2 Å². The average molecular weight is 605 g/mol. The first-order valence-corrected chi connectivity index (χ1v) is 16.8. The summed E-state index contributed by atoms with van der Waals surface area (Å²) in [5, 5.41) is 52.7. The fraction of sp³-hybridized carbons (Fsp3) is 0.914. The van der Waals surface area contributed by atoms with Gasteiger partial charge in [-0.2, -0.15) is 0 Å². The lowest BCUT2D eigenvalue weighted by Crippen LogP contribution is -2.67. The third-order valence-corrected chi connectivity index (χ3v) is 14.7. The second-order valence-corrected chi connectivity index (χ2v) is 17.5. The minimum Gasteiger partial charge on any atom is -0.481 e. The van der Waals surface area contributed by atoms with Gasteiger partial charge in [-0.1, -0.05) is 60.1 Å². The molecular formula is C35H56O8. The van der Waals surface area contributed by atoms with Gasteiger partial charge in [0.1, 0.15) is 23.7 Å². The van der Waals surface area contributed by atoms with Gasteiger partial charge in [0.25, 0.3) is 0 Å². The smallest absolute Gasteiger partial charge is 0.312 e. The molecular weight excluding hydrogens is 548 g/mol. The van der Waals surface area contributed by atoms with E-state index in [-0.39, 0.29) is 45.7 Å². The van der Waals surface area contributed by atoms with E-state index < -0.39 is 42.1 Å². The van der Waals surface area contributed by atoms with Gasteiger partial charge < -0.3 is 35.0 Å². The summed E-state index contributed by atoms with van der Waals surface area (Å²) in [5.74, 6) is -0.174. The highest BCUT2D eigenvalue weighted by Crippen LogP contribution is 2.76. The Bertz CT molecular complexity index is 1160. The number of aliphatic hydroxyl groups excluding tert-OH is 4. The van der Waals surface area contributed by atoms with Gasteiger partial charge in [-0.25, -0.2) is 0 Å². The van der Waals surface area contributed by atoms with Crippen LogP contribution in [0.15, 0.2) is 11.6 Å². The molecule has 1 aliphatic heterocycles. The standard InChI is InChI=1S/C35H56O8/c1-30(2)16-20-19-8-9-23-32(5)12-11-25(43-28-27(39)26(38)21(36)18-42-28)31(3,4)22(32)10-13-34(23,7)33(19,6)14-15-35(20,29(40)41)24(37)17-30/h8,20-28,36-39H,9-18H2,1-7H3,(H,40,41)/t20-,21+,22?,23-,24?,25+,26+,27-,28+,32+,33-,34-,35+/m1/s1. The summed E-state index contributed by atoms with van der Waals surface area (Å²) >= 11 is 0. The zero-order valence-corrected chi connectivity index (χ0v) is 27.3. The van der Waals surface area contributed by atoms with Crippen LogP contribution in [0, 0.1) is 50.2 Å². The molecule has 4 saturated carbocycles. The van der Waals surface area contributed by atoms with E-state index in [1.54, 1.807) is 0 Å². The minimum atomic E-state index is -1.29. The van der Waals surface area contributed by atoms with Crippen molar-refractivity contribution in [3.63, 3.8) is 0 Å². The molecule has 43 heavy (non-hydrogen) atoms. The summed E-state index contributed by atoms with van der Waals surface area (Å²) in [6.45, 7) is 16.2. The molecule has 0 amide bonds. The Labute approximate surface area is 257 Å². The number of ether oxygens (including phenoxy) is 2. The molecule has 2 unspecified atom stereocenters. The second kappa shape index (κ2) is 9.98. The van der Waals surface area contributed by atoms with Crippen molar-refractivity contribution in [1.29, 1.82) is 0 Å². The third kappa shape index (κ3) is 4.25. The molecule has 1 saturated heterocycles. The van der Waals surface area contributed by atoms with Gasteiger partial charge in [0.2, 0.25) is 0 Å². The Hall–Kier alpha value is -1.03. The lowest BCUT2D eigenvalue weighted by Gasteiger charge is -2.71. The van der Waals surface area contributed by atoms with E-state index in [0.717, 1.165) is 44.9 Å². The van der Waals surface area contributed by atoms with E-state index in [0.29, 0.717) is 24.7 Å². The molecule has 0 radical (unpaired) electrons. The van der Waals surface area contributed by atoms with E-state index in [9.17, 15) is 30.3 Å². The number of fused-ring (bicyclic) bond motifs is 7. The first-order valence-electron chi connectivity index (χ1n) is 16.8. The second-order valence-electron chi connectivity index (χ2n) is 17.5. The van der Waals surface area contributed by atoms with Crippen LogP contribution in [0.25, 0.3) is 0 Å². The van der Waals surface area contributed by atoms with Gasteiger partial charge in [0.15, 0.2) is 6.29 Å². The third-order valence-electron chi connectivity index (χ3n) is 14.7. The highest BCUT2D eigenvalue weighted by molar-refractivity contribution is 5.77. The van der Waals surface area contributed by atoms with Crippen LogP contribution < -0.4 is 0 Å². The molecule has 244 valence electrons. The molecule has 6 aliphatic rings. The van der Waals surface area contributed by atoms with Crippen molar-refractivity contribution in [2.45, 2.75) is 143 Å². The van der Waals surface area contributed by atoms with Crippen molar-refractivity contribution < 1.29 is 39.8 Å². The average Bonchev–Trinajstić information content (AvgIpc) is 2.90. The summed E-state index contributed by atoms with van der Waals surface area (Å²) in [7, 11) is 0. The summed E-state index contributed by atoms with van der Waals surface area (Å²) < 4.78 is 12.1. The summed E-state index contributed by atoms with van der Waals surface area (Å²) in [6.07, 6.45) is 4.19. The molecule has 13 atom stereocenters.